The molecule has 1 N–H and O–H groups in total. The highest BCUT2D eigenvalue weighted by atomic mass is 19.1. The fraction of sp³-hybridized carbons (Fsp3) is 0.462. The monoisotopic (exact) mass is 222 g/mol. The summed E-state index contributed by atoms with van der Waals surface area (Å²) in [6.07, 6.45) is 2.34. The minimum Gasteiger partial charge on any atom is -0.481 e. The predicted octanol–water partition coefficient (Wildman–Crippen LogP) is 3.12. The second kappa shape index (κ2) is 4.64. The smallest absolute Gasteiger partial charge is 0.303 e. The minimum absolute atomic E-state index is 0.0593. The van der Waals surface area contributed by atoms with Crippen molar-refractivity contribution < 1.29 is 14.3 Å². The fourth-order valence-electron chi connectivity index (χ4n) is 2.15. The summed E-state index contributed by atoms with van der Waals surface area (Å²) in [4.78, 5) is 10.8. The molecular formula is C13H15FO2. The van der Waals surface area contributed by atoms with Gasteiger partial charge in [0.15, 0.2) is 0 Å². The Bertz CT molecular complexity index is 385. The predicted molar refractivity (Wildman–Crippen MR) is 59.0 cm³/mol. The Morgan fingerprint density at radius 2 is 2.25 bits per heavy atom. The molecule has 0 heterocycles. The quantitative estimate of drug-likeness (QED) is 0.831. The fourth-order valence-corrected chi connectivity index (χ4v) is 2.15. The molecule has 1 aliphatic rings. The summed E-state index contributed by atoms with van der Waals surface area (Å²) in [5.41, 5.74) is 1.61. The van der Waals surface area contributed by atoms with Gasteiger partial charge in [0.25, 0.3) is 0 Å². The Hall–Kier alpha value is -1.38. The second-order valence-electron chi connectivity index (χ2n) is 4.42. The standard InChI is InChI=1S/C13H15FO2/c14-8-9-2-1-3-11(6-9)12(7-13(15)16)10-4-5-10/h1-3,6,10,12H,4-5,7-8H2,(H,15,16). The molecule has 0 aromatic heterocycles. The zero-order valence-corrected chi connectivity index (χ0v) is 9.03. The molecule has 2 nitrogen and oxygen atoms in total. The van der Waals surface area contributed by atoms with Gasteiger partial charge in [-0.25, -0.2) is 4.39 Å². The Balaban J connectivity index is 2.20. The maximum atomic E-state index is 12.5. The molecule has 0 spiro atoms. The normalized spacial score (nSPS) is 17.1. The van der Waals surface area contributed by atoms with Gasteiger partial charge in [0.05, 0.1) is 6.42 Å². The van der Waals surface area contributed by atoms with E-state index >= 15 is 0 Å². The lowest BCUT2D eigenvalue weighted by Crippen LogP contribution is -2.08. The average Bonchev–Trinajstić information content (AvgIpc) is 3.09. The molecule has 1 aromatic carbocycles. The third-order valence-corrected chi connectivity index (χ3v) is 3.12. The van der Waals surface area contributed by atoms with E-state index in [0.29, 0.717) is 11.5 Å². The van der Waals surface area contributed by atoms with Crippen LogP contribution in [0.25, 0.3) is 0 Å². The molecular weight excluding hydrogens is 207 g/mol. The van der Waals surface area contributed by atoms with Crippen LogP contribution in [0.2, 0.25) is 0 Å². The van der Waals surface area contributed by atoms with Crippen molar-refractivity contribution in [3.63, 3.8) is 0 Å². The molecule has 1 aliphatic carbocycles. The average molecular weight is 222 g/mol. The van der Waals surface area contributed by atoms with E-state index in [-0.39, 0.29) is 12.3 Å². The molecule has 3 heteroatoms. The molecule has 1 fully saturated rings. The molecule has 1 atom stereocenters. The van der Waals surface area contributed by atoms with Gasteiger partial charge >= 0.3 is 5.97 Å². The van der Waals surface area contributed by atoms with Crippen LogP contribution in [0.3, 0.4) is 0 Å². The van der Waals surface area contributed by atoms with Crippen LogP contribution < -0.4 is 0 Å². The number of aliphatic carboxylic acids is 1. The topological polar surface area (TPSA) is 37.3 Å². The van der Waals surface area contributed by atoms with Gasteiger partial charge in [0, 0.05) is 0 Å². The van der Waals surface area contributed by atoms with E-state index in [4.69, 9.17) is 5.11 Å². The van der Waals surface area contributed by atoms with Crippen LogP contribution >= 0.6 is 0 Å². The number of halogens is 1. The van der Waals surface area contributed by atoms with E-state index in [1.54, 1.807) is 12.1 Å². The van der Waals surface area contributed by atoms with Crippen molar-refractivity contribution in [2.75, 3.05) is 0 Å². The number of benzene rings is 1. The summed E-state index contributed by atoms with van der Waals surface area (Å²) in [5, 5.41) is 8.87. The van der Waals surface area contributed by atoms with E-state index in [0.717, 1.165) is 18.4 Å². The number of rotatable bonds is 5. The van der Waals surface area contributed by atoms with Crippen LogP contribution in [0.4, 0.5) is 4.39 Å². The Labute approximate surface area is 94.1 Å². The van der Waals surface area contributed by atoms with Gasteiger partial charge in [-0.15, -0.1) is 0 Å². The summed E-state index contributed by atoms with van der Waals surface area (Å²) in [5.74, 6) is -0.238. The van der Waals surface area contributed by atoms with E-state index in [2.05, 4.69) is 0 Å². The van der Waals surface area contributed by atoms with Crippen LogP contribution in [0.15, 0.2) is 24.3 Å². The number of carbonyl (C=O) groups is 1. The number of carboxylic acid groups (broad SMARTS) is 1. The van der Waals surface area contributed by atoms with E-state index < -0.39 is 12.6 Å². The highest BCUT2D eigenvalue weighted by Gasteiger charge is 2.33. The van der Waals surface area contributed by atoms with Crippen molar-refractivity contribution in [3.05, 3.63) is 35.4 Å². The van der Waals surface area contributed by atoms with Gasteiger partial charge in [0.2, 0.25) is 0 Å². The first-order valence-electron chi connectivity index (χ1n) is 5.57. The molecule has 0 saturated heterocycles. The van der Waals surface area contributed by atoms with Gasteiger partial charge in [-0.2, -0.15) is 0 Å². The summed E-state index contributed by atoms with van der Waals surface area (Å²) in [6, 6.07) is 7.24. The van der Waals surface area contributed by atoms with Crippen molar-refractivity contribution in [2.24, 2.45) is 5.92 Å². The highest BCUT2D eigenvalue weighted by molar-refractivity contribution is 5.68. The van der Waals surface area contributed by atoms with Crippen LogP contribution in [-0.4, -0.2) is 11.1 Å². The number of hydrogen-bond acceptors (Lipinski definition) is 1. The van der Waals surface area contributed by atoms with Crippen molar-refractivity contribution in [1.29, 1.82) is 0 Å². The van der Waals surface area contributed by atoms with E-state index in [1.807, 2.05) is 12.1 Å². The minimum atomic E-state index is -0.775. The largest absolute Gasteiger partial charge is 0.481 e. The lowest BCUT2D eigenvalue weighted by atomic mass is 9.90. The second-order valence-corrected chi connectivity index (χ2v) is 4.42. The molecule has 1 aromatic rings. The molecule has 0 amide bonds. The Morgan fingerprint density at radius 3 is 2.81 bits per heavy atom. The number of alkyl halides is 1. The van der Waals surface area contributed by atoms with Crippen LogP contribution in [0, 0.1) is 5.92 Å². The maximum absolute atomic E-state index is 12.5. The zero-order chi connectivity index (χ0) is 11.5. The van der Waals surface area contributed by atoms with Crippen molar-refractivity contribution in [2.45, 2.75) is 31.9 Å². The summed E-state index contributed by atoms with van der Waals surface area (Å²) < 4.78 is 12.5. The van der Waals surface area contributed by atoms with Crippen LogP contribution in [0.5, 0.6) is 0 Å². The summed E-state index contributed by atoms with van der Waals surface area (Å²) >= 11 is 0. The molecule has 16 heavy (non-hydrogen) atoms. The van der Waals surface area contributed by atoms with Crippen molar-refractivity contribution in [1.82, 2.24) is 0 Å². The van der Waals surface area contributed by atoms with Gasteiger partial charge in [-0.1, -0.05) is 24.3 Å². The number of carboxylic acids is 1. The highest BCUT2D eigenvalue weighted by Crippen LogP contribution is 2.44. The van der Waals surface area contributed by atoms with E-state index in [1.165, 1.54) is 0 Å². The van der Waals surface area contributed by atoms with Gasteiger partial charge in [0.1, 0.15) is 6.67 Å². The SMILES string of the molecule is O=C(O)CC(c1cccc(CF)c1)C1CC1. The summed E-state index contributed by atoms with van der Waals surface area (Å²) in [7, 11) is 0. The van der Waals surface area contributed by atoms with E-state index in [9.17, 15) is 9.18 Å². The molecule has 1 unspecified atom stereocenters. The molecule has 0 radical (unpaired) electrons. The lowest BCUT2D eigenvalue weighted by Gasteiger charge is -2.14. The molecule has 2 rings (SSSR count). The first-order chi connectivity index (χ1) is 7.70. The molecule has 0 aliphatic heterocycles. The van der Waals surface area contributed by atoms with Gasteiger partial charge in [-0.3, -0.25) is 4.79 Å². The molecule has 86 valence electrons. The van der Waals surface area contributed by atoms with Crippen molar-refractivity contribution in [3.8, 4) is 0 Å². The van der Waals surface area contributed by atoms with Crippen LogP contribution in [0.1, 0.15) is 36.3 Å². The maximum Gasteiger partial charge on any atom is 0.303 e. The van der Waals surface area contributed by atoms with Gasteiger partial charge < -0.3 is 5.11 Å². The Kier molecular flexibility index (Phi) is 3.22. The first-order valence-corrected chi connectivity index (χ1v) is 5.57. The third kappa shape index (κ3) is 2.60. The summed E-state index contributed by atoms with van der Waals surface area (Å²) in [6.45, 7) is -0.488. The first kappa shape index (κ1) is 11.1. The lowest BCUT2D eigenvalue weighted by molar-refractivity contribution is -0.137. The van der Waals surface area contributed by atoms with Gasteiger partial charge in [-0.05, 0) is 35.8 Å². The molecule has 0 bridgehead atoms. The molecule has 1 saturated carbocycles. The van der Waals surface area contributed by atoms with Crippen molar-refractivity contribution >= 4 is 5.97 Å². The number of hydrogen-bond donors (Lipinski definition) is 1. The van der Waals surface area contributed by atoms with Crippen LogP contribution in [-0.2, 0) is 11.5 Å². The Morgan fingerprint density at radius 1 is 1.50 bits per heavy atom. The zero-order valence-electron chi connectivity index (χ0n) is 9.03. The third-order valence-electron chi connectivity index (χ3n) is 3.12.